The number of hydrogen-bond donors (Lipinski definition) is 1. The van der Waals surface area contributed by atoms with E-state index in [0.717, 1.165) is 13.1 Å². The summed E-state index contributed by atoms with van der Waals surface area (Å²) in [5.74, 6) is 0. The highest BCUT2D eigenvalue weighted by atomic mass is 15.2. The molecule has 1 unspecified atom stereocenters. The van der Waals surface area contributed by atoms with Gasteiger partial charge in [0.25, 0.3) is 0 Å². The van der Waals surface area contributed by atoms with E-state index < -0.39 is 0 Å². The van der Waals surface area contributed by atoms with Crippen molar-refractivity contribution in [3.05, 3.63) is 12.7 Å². The van der Waals surface area contributed by atoms with Gasteiger partial charge < -0.3 is 5.32 Å². The summed E-state index contributed by atoms with van der Waals surface area (Å²) in [5.41, 5.74) is 0.397. The minimum Gasteiger partial charge on any atom is -0.310 e. The summed E-state index contributed by atoms with van der Waals surface area (Å²) in [7, 11) is 0. The van der Waals surface area contributed by atoms with Gasteiger partial charge in [-0.1, -0.05) is 26.3 Å². The predicted octanol–water partition coefficient (Wildman–Crippen LogP) is 2.42. The van der Waals surface area contributed by atoms with E-state index in [1.54, 1.807) is 0 Å². The highest BCUT2D eigenvalue weighted by molar-refractivity contribution is 4.95. The Morgan fingerprint density at radius 2 is 2.27 bits per heavy atom. The van der Waals surface area contributed by atoms with Crippen molar-refractivity contribution >= 4 is 0 Å². The van der Waals surface area contributed by atoms with E-state index in [0.29, 0.717) is 5.54 Å². The standard InChI is InChI=1S/C13H26N2/c1-4-8-13(9-7-10-14-13)12-15(6-3)11-5-2/h5,14H,2,4,6-12H2,1,3H3. The van der Waals surface area contributed by atoms with E-state index in [2.05, 4.69) is 30.6 Å². The van der Waals surface area contributed by atoms with Crippen molar-refractivity contribution in [1.29, 1.82) is 0 Å². The Bertz CT molecular complexity index is 183. The Balaban J connectivity index is 2.52. The van der Waals surface area contributed by atoms with E-state index >= 15 is 0 Å². The fraction of sp³-hybridized carbons (Fsp3) is 0.846. The maximum Gasteiger partial charge on any atom is 0.0309 e. The van der Waals surface area contributed by atoms with Crippen LogP contribution in [-0.2, 0) is 0 Å². The first-order valence-corrected chi connectivity index (χ1v) is 6.34. The fourth-order valence-corrected chi connectivity index (χ4v) is 2.69. The van der Waals surface area contributed by atoms with Gasteiger partial charge in [0.05, 0.1) is 0 Å². The molecule has 0 radical (unpaired) electrons. The molecule has 1 heterocycles. The molecule has 0 bridgehead atoms. The Hall–Kier alpha value is -0.340. The second-order valence-corrected chi connectivity index (χ2v) is 4.68. The zero-order chi connectivity index (χ0) is 11.1. The molecule has 0 aromatic rings. The van der Waals surface area contributed by atoms with Gasteiger partial charge in [-0.05, 0) is 32.4 Å². The summed E-state index contributed by atoms with van der Waals surface area (Å²) in [6.07, 6.45) is 7.28. The molecule has 0 aromatic heterocycles. The highest BCUT2D eigenvalue weighted by Crippen LogP contribution is 2.25. The van der Waals surface area contributed by atoms with Gasteiger partial charge >= 0.3 is 0 Å². The van der Waals surface area contributed by atoms with Crippen molar-refractivity contribution < 1.29 is 0 Å². The number of hydrogen-bond acceptors (Lipinski definition) is 2. The van der Waals surface area contributed by atoms with Gasteiger partial charge in [0.2, 0.25) is 0 Å². The Labute approximate surface area is 94.7 Å². The molecule has 0 spiro atoms. The van der Waals surface area contributed by atoms with E-state index in [1.807, 2.05) is 6.08 Å². The lowest BCUT2D eigenvalue weighted by atomic mass is 9.91. The van der Waals surface area contributed by atoms with E-state index in [4.69, 9.17) is 0 Å². The molecule has 1 aliphatic heterocycles. The second kappa shape index (κ2) is 6.29. The Morgan fingerprint density at radius 3 is 2.73 bits per heavy atom. The molecule has 0 aromatic carbocycles. The third-order valence-corrected chi connectivity index (χ3v) is 3.42. The van der Waals surface area contributed by atoms with Gasteiger partial charge in [0, 0.05) is 18.6 Å². The predicted molar refractivity (Wildman–Crippen MR) is 67.2 cm³/mol. The van der Waals surface area contributed by atoms with E-state index in [1.165, 1.54) is 38.8 Å². The first kappa shape index (κ1) is 12.7. The molecule has 1 atom stereocenters. The van der Waals surface area contributed by atoms with Crippen LogP contribution in [0.3, 0.4) is 0 Å². The van der Waals surface area contributed by atoms with Crippen molar-refractivity contribution in [1.82, 2.24) is 10.2 Å². The second-order valence-electron chi connectivity index (χ2n) is 4.68. The number of nitrogens with one attached hydrogen (secondary N) is 1. The molecule has 1 aliphatic rings. The van der Waals surface area contributed by atoms with Crippen LogP contribution in [0.25, 0.3) is 0 Å². The van der Waals surface area contributed by atoms with Crippen LogP contribution in [0.1, 0.15) is 39.5 Å². The summed E-state index contributed by atoms with van der Waals surface area (Å²) in [6.45, 7) is 12.9. The number of rotatable bonds is 7. The topological polar surface area (TPSA) is 15.3 Å². The van der Waals surface area contributed by atoms with Gasteiger partial charge in [-0.3, -0.25) is 4.90 Å². The normalized spacial score (nSPS) is 26.1. The van der Waals surface area contributed by atoms with Gasteiger partial charge in [-0.2, -0.15) is 0 Å². The molecule has 0 aliphatic carbocycles. The molecule has 15 heavy (non-hydrogen) atoms. The maximum atomic E-state index is 3.83. The molecule has 1 N–H and O–H groups in total. The lowest BCUT2D eigenvalue weighted by Crippen LogP contribution is -2.49. The summed E-state index contributed by atoms with van der Waals surface area (Å²) >= 11 is 0. The molecule has 0 amide bonds. The van der Waals surface area contributed by atoms with Gasteiger partial charge in [0.1, 0.15) is 0 Å². The molecular weight excluding hydrogens is 184 g/mol. The molecule has 2 heteroatoms. The Morgan fingerprint density at radius 1 is 1.47 bits per heavy atom. The zero-order valence-electron chi connectivity index (χ0n) is 10.4. The third kappa shape index (κ3) is 3.62. The summed E-state index contributed by atoms with van der Waals surface area (Å²) in [5, 5.41) is 3.72. The fourth-order valence-electron chi connectivity index (χ4n) is 2.69. The largest absolute Gasteiger partial charge is 0.310 e. The summed E-state index contributed by atoms with van der Waals surface area (Å²) in [4.78, 5) is 2.49. The van der Waals surface area contributed by atoms with Crippen molar-refractivity contribution in [2.24, 2.45) is 0 Å². The first-order valence-electron chi connectivity index (χ1n) is 6.34. The average Bonchev–Trinajstić information content (AvgIpc) is 2.67. The minimum atomic E-state index is 0.397. The van der Waals surface area contributed by atoms with Crippen LogP contribution in [0.5, 0.6) is 0 Å². The number of likely N-dealkylation sites (N-methyl/N-ethyl adjacent to an activating group) is 1. The monoisotopic (exact) mass is 210 g/mol. The quantitative estimate of drug-likeness (QED) is 0.649. The van der Waals surface area contributed by atoms with Crippen LogP contribution in [0.15, 0.2) is 12.7 Å². The summed E-state index contributed by atoms with van der Waals surface area (Å²) < 4.78 is 0. The zero-order valence-corrected chi connectivity index (χ0v) is 10.4. The third-order valence-electron chi connectivity index (χ3n) is 3.42. The maximum absolute atomic E-state index is 3.83. The van der Waals surface area contributed by atoms with Crippen LogP contribution >= 0.6 is 0 Å². The van der Waals surface area contributed by atoms with Crippen LogP contribution < -0.4 is 5.32 Å². The van der Waals surface area contributed by atoms with Crippen LogP contribution in [0.2, 0.25) is 0 Å². The Kier molecular flexibility index (Phi) is 5.34. The number of nitrogens with zero attached hydrogens (tertiary/aromatic N) is 1. The van der Waals surface area contributed by atoms with Crippen molar-refractivity contribution in [2.45, 2.75) is 45.1 Å². The van der Waals surface area contributed by atoms with E-state index in [9.17, 15) is 0 Å². The molecule has 1 fully saturated rings. The molecule has 88 valence electrons. The van der Waals surface area contributed by atoms with Crippen molar-refractivity contribution in [3.8, 4) is 0 Å². The minimum absolute atomic E-state index is 0.397. The van der Waals surface area contributed by atoms with Crippen molar-refractivity contribution in [3.63, 3.8) is 0 Å². The lowest BCUT2D eigenvalue weighted by molar-refractivity contribution is 0.204. The van der Waals surface area contributed by atoms with Crippen molar-refractivity contribution in [2.75, 3.05) is 26.2 Å². The lowest BCUT2D eigenvalue weighted by Gasteiger charge is -2.35. The van der Waals surface area contributed by atoms with Gasteiger partial charge in [-0.25, -0.2) is 0 Å². The average molecular weight is 210 g/mol. The first-order chi connectivity index (χ1) is 7.26. The molecule has 0 saturated carbocycles. The highest BCUT2D eigenvalue weighted by Gasteiger charge is 2.33. The molecule has 2 nitrogen and oxygen atoms in total. The molecule has 1 saturated heterocycles. The van der Waals surface area contributed by atoms with Crippen LogP contribution in [0.4, 0.5) is 0 Å². The van der Waals surface area contributed by atoms with Crippen LogP contribution in [0, 0.1) is 0 Å². The smallest absolute Gasteiger partial charge is 0.0309 e. The SMILES string of the molecule is C=CCN(CC)CC1(CCC)CCCN1. The molecule has 1 rings (SSSR count). The van der Waals surface area contributed by atoms with Gasteiger partial charge in [-0.15, -0.1) is 6.58 Å². The van der Waals surface area contributed by atoms with Crippen LogP contribution in [-0.4, -0.2) is 36.6 Å². The summed E-state index contributed by atoms with van der Waals surface area (Å²) in [6, 6.07) is 0. The van der Waals surface area contributed by atoms with Gasteiger partial charge in [0.15, 0.2) is 0 Å². The molecular formula is C13H26N2. The van der Waals surface area contributed by atoms with E-state index in [-0.39, 0.29) is 0 Å².